The zero-order valence-corrected chi connectivity index (χ0v) is 10.5. The molecule has 0 aliphatic carbocycles. The van der Waals surface area contributed by atoms with Gasteiger partial charge in [0.25, 0.3) is 0 Å². The molecule has 1 aromatic rings. The molecule has 0 radical (unpaired) electrons. The first-order valence-electron chi connectivity index (χ1n) is 4.81. The molecule has 0 spiro atoms. The Bertz CT molecular complexity index is 300. The van der Waals surface area contributed by atoms with Crippen molar-refractivity contribution < 1.29 is 4.74 Å². The van der Waals surface area contributed by atoms with Crippen molar-refractivity contribution in [3.8, 4) is 0 Å². The largest absolute Gasteiger partial charge is 0.376 e. The van der Waals surface area contributed by atoms with Gasteiger partial charge in [-0.2, -0.15) is 0 Å². The number of aryl methyl sites for hydroxylation is 1. The van der Waals surface area contributed by atoms with Crippen molar-refractivity contribution in [3.05, 3.63) is 20.3 Å². The van der Waals surface area contributed by atoms with E-state index in [2.05, 4.69) is 28.9 Å². The third-order valence-electron chi connectivity index (χ3n) is 2.57. The molecule has 2 atom stereocenters. The van der Waals surface area contributed by atoms with Gasteiger partial charge in [-0.05, 0) is 47.3 Å². The first kappa shape index (κ1) is 10.6. The second kappa shape index (κ2) is 4.31. The Morgan fingerprint density at radius 3 is 3.00 bits per heavy atom. The minimum atomic E-state index is 0.0486. The summed E-state index contributed by atoms with van der Waals surface area (Å²) in [6.45, 7) is 2.95. The first-order valence-corrected chi connectivity index (χ1v) is 6.42. The van der Waals surface area contributed by atoms with Crippen LogP contribution in [-0.4, -0.2) is 12.7 Å². The van der Waals surface area contributed by atoms with E-state index in [4.69, 9.17) is 10.5 Å². The highest BCUT2D eigenvalue weighted by molar-refractivity contribution is 9.11. The lowest BCUT2D eigenvalue weighted by Crippen LogP contribution is -2.24. The van der Waals surface area contributed by atoms with E-state index in [-0.39, 0.29) is 12.1 Å². The molecule has 14 heavy (non-hydrogen) atoms. The molecule has 2 N–H and O–H groups in total. The SMILES string of the molecule is Cc1cc(C(N)C2CCCO2)sc1Br. The highest BCUT2D eigenvalue weighted by Crippen LogP contribution is 2.34. The minimum Gasteiger partial charge on any atom is -0.376 e. The van der Waals surface area contributed by atoms with Gasteiger partial charge < -0.3 is 10.5 Å². The second-order valence-electron chi connectivity index (χ2n) is 3.68. The van der Waals surface area contributed by atoms with Gasteiger partial charge in [-0.15, -0.1) is 11.3 Å². The molecule has 2 rings (SSSR count). The second-order valence-corrected chi connectivity index (χ2v) is 6.08. The van der Waals surface area contributed by atoms with E-state index in [9.17, 15) is 0 Å². The van der Waals surface area contributed by atoms with Crippen LogP contribution in [0.15, 0.2) is 9.85 Å². The lowest BCUT2D eigenvalue weighted by Gasteiger charge is -2.16. The van der Waals surface area contributed by atoms with Gasteiger partial charge in [-0.1, -0.05) is 0 Å². The number of ether oxygens (including phenoxy) is 1. The molecule has 2 unspecified atom stereocenters. The molecule has 78 valence electrons. The van der Waals surface area contributed by atoms with Gasteiger partial charge >= 0.3 is 0 Å². The van der Waals surface area contributed by atoms with Crippen LogP contribution in [0, 0.1) is 6.92 Å². The van der Waals surface area contributed by atoms with Gasteiger partial charge in [0.15, 0.2) is 0 Å². The summed E-state index contributed by atoms with van der Waals surface area (Å²) < 4.78 is 6.77. The van der Waals surface area contributed by atoms with Crippen molar-refractivity contribution in [1.29, 1.82) is 0 Å². The van der Waals surface area contributed by atoms with Crippen molar-refractivity contribution >= 4 is 27.3 Å². The maximum absolute atomic E-state index is 6.15. The van der Waals surface area contributed by atoms with Crippen molar-refractivity contribution in [3.63, 3.8) is 0 Å². The van der Waals surface area contributed by atoms with E-state index in [1.165, 1.54) is 14.2 Å². The van der Waals surface area contributed by atoms with Crippen molar-refractivity contribution in [2.45, 2.75) is 31.9 Å². The molecule has 0 amide bonds. The van der Waals surface area contributed by atoms with Gasteiger partial charge in [0.05, 0.1) is 15.9 Å². The quantitative estimate of drug-likeness (QED) is 0.901. The van der Waals surface area contributed by atoms with Crippen LogP contribution in [0.4, 0.5) is 0 Å². The molecule has 1 saturated heterocycles. The Balaban J connectivity index is 2.13. The summed E-state index contributed by atoms with van der Waals surface area (Å²) >= 11 is 5.24. The smallest absolute Gasteiger partial charge is 0.0776 e. The van der Waals surface area contributed by atoms with Crippen LogP contribution in [0.1, 0.15) is 29.3 Å². The standard InChI is InChI=1S/C10H14BrNOS/c1-6-5-8(14-10(6)11)9(12)7-3-2-4-13-7/h5,7,9H,2-4,12H2,1H3. The van der Waals surface area contributed by atoms with Crippen LogP contribution in [-0.2, 0) is 4.74 Å². The maximum Gasteiger partial charge on any atom is 0.0776 e. The summed E-state index contributed by atoms with van der Waals surface area (Å²) in [7, 11) is 0. The van der Waals surface area contributed by atoms with E-state index in [1.807, 2.05) is 0 Å². The molecular formula is C10H14BrNOS. The van der Waals surface area contributed by atoms with Crippen molar-refractivity contribution in [2.75, 3.05) is 6.61 Å². The Morgan fingerprint density at radius 1 is 1.71 bits per heavy atom. The van der Waals surface area contributed by atoms with Gasteiger partial charge in [0.1, 0.15) is 0 Å². The fraction of sp³-hybridized carbons (Fsp3) is 0.600. The number of hydrogen-bond donors (Lipinski definition) is 1. The third-order valence-corrected chi connectivity index (χ3v) is 4.81. The predicted octanol–water partition coefficient (Wildman–Crippen LogP) is 3.00. The summed E-state index contributed by atoms with van der Waals surface area (Å²) in [6, 6.07) is 2.20. The van der Waals surface area contributed by atoms with Gasteiger partial charge in [0.2, 0.25) is 0 Å². The molecule has 1 fully saturated rings. The average Bonchev–Trinajstić information content (AvgIpc) is 2.76. The van der Waals surface area contributed by atoms with Crippen LogP contribution >= 0.6 is 27.3 Å². The van der Waals surface area contributed by atoms with Crippen LogP contribution in [0.3, 0.4) is 0 Å². The Labute approximate surface area is 96.6 Å². The predicted molar refractivity (Wildman–Crippen MR) is 62.7 cm³/mol. The van der Waals surface area contributed by atoms with Gasteiger partial charge in [-0.3, -0.25) is 0 Å². The van der Waals surface area contributed by atoms with Crippen LogP contribution in [0.25, 0.3) is 0 Å². The van der Waals surface area contributed by atoms with E-state index < -0.39 is 0 Å². The molecule has 1 aromatic heterocycles. The zero-order chi connectivity index (χ0) is 10.1. The fourth-order valence-electron chi connectivity index (χ4n) is 1.72. The highest BCUT2D eigenvalue weighted by atomic mass is 79.9. The summed E-state index contributed by atoms with van der Waals surface area (Å²) in [5, 5.41) is 0. The van der Waals surface area contributed by atoms with Crippen molar-refractivity contribution in [1.82, 2.24) is 0 Å². The number of hydrogen-bond acceptors (Lipinski definition) is 3. The Kier molecular flexibility index (Phi) is 3.27. The van der Waals surface area contributed by atoms with Crippen LogP contribution in [0.2, 0.25) is 0 Å². The molecule has 0 saturated carbocycles. The summed E-state index contributed by atoms with van der Waals surface area (Å²) in [4.78, 5) is 1.22. The van der Waals surface area contributed by atoms with Crippen LogP contribution in [0.5, 0.6) is 0 Å². The molecule has 0 aromatic carbocycles. The van der Waals surface area contributed by atoms with E-state index in [0.717, 1.165) is 19.4 Å². The van der Waals surface area contributed by atoms with Crippen molar-refractivity contribution in [2.24, 2.45) is 5.73 Å². The monoisotopic (exact) mass is 275 g/mol. The van der Waals surface area contributed by atoms with Gasteiger partial charge in [-0.25, -0.2) is 0 Å². The molecular weight excluding hydrogens is 262 g/mol. The molecule has 2 nitrogen and oxygen atoms in total. The van der Waals surface area contributed by atoms with E-state index in [1.54, 1.807) is 11.3 Å². The molecule has 1 aliphatic rings. The fourth-order valence-corrected chi connectivity index (χ4v) is 3.34. The summed E-state index contributed by atoms with van der Waals surface area (Å²) in [5.41, 5.74) is 7.41. The first-order chi connectivity index (χ1) is 6.68. The summed E-state index contributed by atoms with van der Waals surface area (Å²) in [6.07, 6.45) is 2.46. The molecule has 2 heterocycles. The lowest BCUT2D eigenvalue weighted by atomic mass is 10.1. The lowest BCUT2D eigenvalue weighted by molar-refractivity contribution is 0.0909. The zero-order valence-electron chi connectivity index (χ0n) is 8.13. The number of halogens is 1. The highest BCUT2D eigenvalue weighted by Gasteiger charge is 2.25. The number of thiophene rings is 1. The van der Waals surface area contributed by atoms with E-state index in [0.29, 0.717) is 0 Å². The minimum absolute atomic E-state index is 0.0486. The number of nitrogens with two attached hydrogens (primary N) is 1. The third kappa shape index (κ3) is 2.03. The topological polar surface area (TPSA) is 35.2 Å². The Morgan fingerprint density at radius 2 is 2.50 bits per heavy atom. The maximum atomic E-state index is 6.15. The Hall–Kier alpha value is 0.100. The molecule has 1 aliphatic heterocycles. The average molecular weight is 276 g/mol. The normalized spacial score (nSPS) is 24.1. The van der Waals surface area contributed by atoms with E-state index >= 15 is 0 Å². The van der Waals surface area contributed by atoms with Crippen LogP contribution < -0.4 is 5.73 Å². The molecule has 0 bridgehead atoms. The van der Waals surface area contributed by atoms with Gasteiger partial charge in [0, 0.05) is 11.5 Å². The number of rotatable bonds is 2. The molecule has 4 heteroatoms. The summed E-state index contributed by atoms with van der Waals surface area (Å²) in [5.74, 6) is 0.